The molecular formula is C13H21N2O5+. The Bertz CT molecular complexity index is 434. The van der Waals surface area contributed by atoms with Gasteiger partial charge in [-0.2, -0.15) is 0 Å². The Balaban J connectivity index is 3.07. The molecule has 112 valence electrons. The SMILES string of the molecule is C=CCC1=NCC[N+]1(C(C)OCC(=O)O)C(C)C(=O)O. The maximum absolute atomic E-state index is 11.4. The second-order valence-corrected chi connectivity index (χ2v) is 4.76. The third-order valence-corrected chi connectivity index (χ3v) is 3.72. The molecule has 20 heavy (non-hydrogen) atoms. The minimum absolute atomic E-state index is 0.0225. The van der Waals surface area contributed by atoms with Crippen molar-refractivity contribution in [1.29, 1.82) is 0 Å². The van der Waals surface area contributed by atoms with Crippen LogP contribution in [0.2, 0.25) is 0 Å². The highest BCUT2D eigenvalue weighted by Gasteiger charge is 2.50. The molecule has 0 aromatic carbocycles. The van der Waals surface area contributed by atoms with E-state index in [1.54, 1.807) is 19.9 Å². The number of carbonyl (C=O) groups is 2. The molecule has 7 heteroatoms. The van der Waals surface area contributed by atoms with Gasteiger partial charge in [-0.05, 0) is 6.92 Å². The highest BCUT2D eigenvalue weighted by molar-refractivity contribution is 5.82. The van der Waals surface area contributed by atoms with Crippen LogP contribution in [0.1, 0.15) is 20.3 Å². The monoisotopic (exact) mass is 285 g/mol. The van der Waals surface area contributed by atoms with Crippen LogP contribution >= 0.6 is 0 Å². The van der Waals surface area contributed by atoms with Crippen LogP contribution < -0.4 is 0 Å². The van der Waals surface area contributed by atoms with Gasteiger partial charge in [0.2, 0.25) is 5.84 Å². The van der Waals surface area contributed by atoms with Gasteiger partial charge in [0.1, 0.15) is 6.54 Å². The van der Waals surface area contributed by atoms with E-state index >= 15 is 0 Å². The van der Waals surface area contributed by atoms with Gasteiger partial charge in [-0.3, -0.25) is 0 Å². The molecule has 3 unspecified atom stereocenters. The topological polar surface area (TPSA) is 96.2 Å². The van der Waals surface area contributed by atoms with E-state index in [1.807, 2.05) is 0 Å². The molecule has 0 amide bonds. The maximum Gasteiger partial charge on any atom is 0.362 e. The maximum atomic E-state index is 11.4. The van der Waals surface area contributed by atoms with Crippen molar-refractivity contribution < 1.29 is 29.0 Å². The minimum atomic E-state index is -1.08. The van der Waals surface area contributed by atoms with Crippen LogP contribution in [0.25, 0.3) is 0 Å². The van der Waals surface area contributed by atoms with Crippen molar-refractivity contribution in [2.24, 2.45) is 4.99 Å². The van der Waals surface area contributed by atoms with Gasteiger partial charge in [-0.1, -0.05) is 6.08 Å². The van der Waals surface area contributed by atoms with Gasteiger partial charge in [-0.25, -0.2) is 19.1 Å². The molecule has 2 N–H and O–H groups in total. The smallest absolute Gasteiger partial charge is 0.362 e. The highest BCUT2D eigenvalue weighted by Crippen LogP contribution is 2.28. The number of carboxylic acid groups (broad SMARTS) is 2. The Hall–Kier alpha value is -1.73. The van der Waals surface area contributed by atoms with Crippen molar-refractivity contribution in [2.75, 3.05) is 19.7 Å². The molecule has 0 spiro atoms. The summed E-state index contributed by atoms with van der Waals surface area (Å²) in [7, 11) is 0. The normalized spacial score (nSPS) is 24.8. The number of quaternary nitrogens is 1. The Kier molecular flexibility index (Phi) is 5.41. The van der Waals surface area contributed by atoms with E-state index in [2.05, 4.69) is 11.6 Å². The first-order chi connectivity index (χ1) is 9.36. The molecule has 0 aliphatic carbocycles. The van der Waals surface area contributed by atoms with E-state index in [1.165, 1.54) is 0 Å². The first-order valence-electron chi connectivity index (χ1n) is 6.44. The summed E-state index contributed by atoms with van der Waals surface area (Å²) < 4.78 is 5.36. The molecular weight excluding hydrogens is 264 g/mol. The zero-order chi connectivity index (χ0) is 15.3. The summed E-state index contributed by atoms with van der Waals surface area (Å²) in [6, 6.07) is -0.764. The molecule has 7 nitrogen and oxygen atoms in total. The van der Waals surface area contributed by atoms with Crippen molar-refractivity contribution in [3.05, 3.63) is 12.7 Å². The average molecular weight is 285 g/mol. The van der Waals surface area contributed by atoms with Crippen molar-refractivity contribution in [3.63, 3.8) is 0 Å². The van der Waals surface area contributed by atoms with E-state index in [4.69, 9.17) is 9.84 Å². The number of rotatable bonds is 8. The van der Waals surface area contributed by atoms with E-state index in [0.29, 0.717) is 25.3 Å². The number of nitrogens with zero attached hydrogens (tertiary/aromatic N) is 2. The van der Waals surface area contributed by atoms with Crippen LogP contribution in [0, 0.1) is 0 Å². The summed E-state index contributed by atoms with van der Waals surface area (Å²) in [5.41, 5.74) is 0. The number of aliphatic imine (C=N–C) groups is 1. The summed E-state index contributed by atoms with van der Waals surface area (Å²) >= 11 is 0. The molecule has 1 aliphatic heterocycles. The van der Waals surface area contributed by atoms with Crippen molar-refractivity contribution >= 4 is 17.8 Å². The predicted octanol–water partition coefficient (Wildman–Crippen LogP) is 0.712. The highest BCUT2D eigenvalue weighted by atomic mass is 16.5. The molecule has 1 rings (SSSR count). The fourth-order valence-corrected chi connectivity index (χ4v) is 2.61. The molecule has 0 aromatic heterocycles. The standard InChI is InChI=1S/C13H20N2O5/c1-4-5-11-14-6-7-15(11,9(2)13(18)19)10(3)20-8-12(16)17/h4,9-10H,1,5-8H2,2-3H3,(H-,16,17,18,19)/p+1. The van der Waals surface area contributed by atoms with E-state index < -0.39 is 30.8 Å². The van der Waals surface area contributed by atoms with Gasteiger partial charge < -0.3 is 14.9 Å². The summed E-state index contributed by atoms with van der Waals surface area (Å²) in [6.07, 6.45) is 1.52. The van der Waals surface area contributed by atoms with Crippen molar-refractivity contribution in [2.45, 2.75) is 32.5 Å². The van der Waals surface area contributed by atoms with E-state index in [-0.39, 0.29) is 4.48 Å². The van der Waals surface area contributed by atoms with E-state index in [0.717, 1.165) is 0 Å². The van der Waals surface area contributed by atoms with Gasteiger partial charge in [0.25, 0.3) is 0 Å². The molecule has 1 heterocycles. The fraction of sp³-hybridized carbons (Fsp3) is 0.615. The lowest BCUT2D eigenvalue weighted by Crippen LogP contribution is -2.64. The summed E-state index contributed by atoms with van der Waals surface area (Å²) in [4.78, 5) is 26.4. The molecule has 0 saturated carbocycles. The lowest BCUT2D eigenvalue weighted by molar-refractivity contribution is -0.898. The third kappa shape index (κ3) is 3.05. The largest absolute Gasteiger partial charge is 0.480 e. The van der Waals surface area contributed by atoms with Crippen LogP contribution in [0.4, 0.5) is 0 Å². The lowest BCUT2D eigenvalue weighted by Gasteiger charge is -2.41. The zero-order valence-corrected chi connectivity index (χ0v) is 11.8. The molecule has 0 bridgehead atoms. The van der Waals surface area contributed by atoms with Crippen LogP contribution in [-0.4, -0.2) is 64.4 Å². The fourth-order valence-electron chi connectivity index (χ4n) is 2.61. The predicted molar refractivity (Wildman–Crippen MR) is 72.4 cm³/mol. The molecule has 1 aliphatic rings. The Morgan fingerprint density at radius 3 is 2.65 bits per heavy atom. The molecule has 3 atom stereocenters. The number of aliphatic carboxylic acids is 2. The summed E-state index contributed by atoms with van der Waals surface area (Å²) in [5, 5.41) is 18.1. The van der Waals surface area contributed by atoms with Gasteiger partial charge in [0.15, 0.2) is 18.9 Å². The number of hydrogen-bond donors (Lipinski definition) is 2. The average Bonchev–Trinajstić information content (AvgIpc) is 2.80. The Morgan fingerprint density at radius 1 is 1.50 bits per heavy atom. The molecule has 0 aromatic rings. The zero-order valence-electron chi connectivity index (χ0n) is 11.8. The van der Waals surface area contributed by atoms with E-state index in [9.17, 15) is 14.7 Å². The first kappa shape index (κ1) is 16.3. The first-order valence-corrected chi connectivity index (χ1v) is 6.44. The summed E-state index contributed by atoms with van der Waals surface area (Å²) in [5.74, 6) is -1.37. The molecule has 0 saturated heterocycles. The van der Waals surface area contributed by atoms with Gasteiger partial charge in [-0.15, -0.1) is 6.58 Å². The number of amidine groups is 1. The second-order valence-electron chi connectivity index (χ2n) is 4.76. The van der Waals surface area contributed by atoms with Crippen LogP contribution in [0.3, 0.4) is 0 Å². The Morgan fingerprint density at radius 2 is 2.15 bits per heavy atom. The number of carboxylic acids is 2. The minimum Gasteiger partial charge on any atom is -0.480 e. The van der Waals surface area contributed by atoms with Gasteiger partial charge >= 0.3 is 11.9 Å². The number of ether oxygens (including phenoxy) is 1. The third-order valence-electron chi connectivity index (χ3n) is 3.72. The van der Waals surface area contributed by atoms with Gasteiger partial charge in [0, 0.05) is 6.92 Å². The van der Waals surface area contributed by atoms with Crippen LogP contribution in [0.15, 0.2) is 17.6 Å². The van der Waals surface area contributed by atoms with Crippen molar-refractivity contribution in [3.8, 4) is 0 Å². The molecule has 0 fully saturated rings. The molecule has 0 radical (unpaired) electrons. The van der Waals surface area contributed by atoms with Crippen LogP contribution in [0.5, 0.6) is 0 Å². The second kappa shape index (κ2) is 6.62. The van der Waals surface area contributed by atoms with Crippen molar-refractivity contribution in [1.82, 2.24) is 0 Å². The van der Waals surface area contributed by atoms with Crippen LogP contribution in [-0.2, 0) is 14.3 Å². The number of hydrogen-bond acceptors (Lipinski definition) is 4. The lowest BCUT2D eigenvalue weighted by atomic mass is 10.1. The quantitative estimate of drug-likeness (QED) is 0.506. The Labute approximate surface area is 117 Å². The van der Waals surface area contributed by atoms with Gasteiger partial charge in [0.05, 0.1) is 13.0 Å². The summed E-state index contributed by atoms with van der Waals surface area (Å²) in [6.45, 7) is 7.45.